The highest BCUT2D eigenvalue weighted by atomic mass is 19.4. The summed E-state index contributed by atoms with van der Waals surface area (Å²) in [7, 11) is 1.52. The van der Waals surface area contributed by atoms with Crippen LogP contribution in [0, 0.1) is 11.8 Å². The zero-order valence-corrected chi connectivity index (χ0v) is 19.7. The molecule has 0 aliphatic rings. The van der Waals surface area contributed by atoms with Crippen molar-refractivity contribution >= 4 is 16.8 Å². The van der Waals surface area contributed by atoms with Crippen LogP contribution in [0.15, 0.2) is 72.9 Å². The molecule has 6 nitrogen and oxygen atoms in total. The largest absolute Gasteiger partial charge is 0.573 e. The van der Waals surface area contributed by atoms with Crippen LogP contribution in [0.4, 0.5) is 13.2 Å². The van der Waals surface area contributed by atoms with E-state index in [1.165, 1.54) is 19.2 Å². The lowest BCUT2D eigenvalue weighted by atomic mass is 10.0. The number of carbonyl (C=O) groups excluding carboxylic acids is 1. The summed E-state index contributed by atoms with van der Waals surface area (Å²) in [5.74, 6) is 4.85. The number of halogens is 3. The maximum Gasteiger partial charge on any atom is 0.573 e. The van der Waals surface area contributed by atoms with Gasteiger partial charge >= 0.3 is 6.36 Å². The molecule has 0 aliphatic heterocycles. The monoisotopic (exact) mass is 508 g/mol. The van der Waals surface area contributed by atoms with Gasteiger partial charge < -0.3 is 24.9 Å². The topological polar surface area (TPSA) is 83.6 Å². The lowest BCUT2D eigenvalue weighted by Gasteiger charge is -2.18. The fourth-order valence-corrected chi connectivity index (χ4v) is 3.83. The van der Waals surface area contributed by atoms with Gasteiger partial charge in [-0.3, -0.25) is 4.79 Å². The predicted octanol–water partition coefficient (Wildman–Crippen LogP) is 4.81. The molecule has 0 aliphatic carbocycles. The third-order valence-electron chi connectivity index (χ3n) is 5.57. The van der Waals surface area contributed by atoms with Crippen molar-refractivity contribution < 1.29 is 32.5 Å². The molecular formula is C28H23F3N2O4. The highest BCUT2D eigenvalue weighted by Crippen LogP contribution is 2.28. The number of aliphatic hydroxyl groups is 1. The molecule has 1 unspecified atom stereocenters. The second-order valence-electron chi connectivity index (χ2n) is 8.16. The molecule has 3 N–H and O–H groups in total. The first-order valence-electron chi connectivity index (χ1n) is 11.3. The van der Waals surface area contributed by atoms with Gasteiger partial charge in [0.25, 0.3) is 5.91 Å². The molecular weight excluding hydrogens is 485 g/mol. The summed E-state index contributed by atoms with van der Waals surface area (Å²) >= 11 is 0. The van der Waals surface area contributed by atoms with E-state index in [-0.39, 0.29) is 12.0 Å². The van der Waals surface area contributed by atoms with Crippen molar-refractivity contribution in [2.75, 3.05) is 13.7 Å². The first-order chi connectivity index (χ1) is 17.8. The Kier molecular flexibility index (Phi) is 7.70. The SMILES string of the molecule is COc1cccc(C#Cc2ccc(OC(F)(F)F)c(C(=O)NC(CO)Cc3c[nH]c4ccccc34)c2)c1. The molecule has 1 atom stereocenters. The lowest BCUT2D eigenvalue weighted by molar-refractivity contribution is -0.274. The third-order valence-corrected chi connectivity index (χ3v) is 5.57. The number of alkyl halides is 3. The Morgan fingerprint density at radius 1 is 1.05 bits per heavy atom. The third kappa shape index (κ3) is 6.63. The number of rotatable bonds is 7. The Balaban J connectivity index is 1.60. The molecule has 1 aromatic heterocycles. The summed E-state index contributed by atoms with van der Waals surface area (Å²) in [6, 6.07) is 17.4. The van der Waals surface area contributed by atoms with Crippen molar-refractivity contribution in [1.29, 1.82) is 0 Å². The Bertz CT molecular complexity index is 1470. The number of nitrogens with one attached hydrogen (secondary N) is 2. The molecule has 0 spiro atoms. The van der Waals surface area contributed by atoms with Crippen LogP contribution in [0.1, 0.15) is 27.0 Å². The van der Waals surface area contributed by atoms with Crippen LogP contribution in [0.5, 0.6) is 11.5 Å². The van der Waals surface area contributed by atoms with Crippen molar-refractivity contribution in [1.82, 2.24) is 10.3 Å². The molecule has 1 heterocycles. The number of methoxy groups -OCH3 is 1. The summed E-state index contributed by atoms with van der Waals surface area (Å²) in [6.07, 6.45) is -2.97. The number of aromatic amines is 1. The summed E-state index contributed by atoms with van der Waals surface area (Å²) in [5, 5.41) is 13.4. The van der Waals surface area contributed by atoms with Gasteiger partial charge in [-0.25, -0.2) is 0 Å². The maximum atomic E-state index is 13.1. The summed E-state index contributed by atoms with van der Waals surface area (Å²) in [5.41, 5.74) is 2.31. The Hall–Kier alpha value is -4.42. The molecule has 4 rings (SSSR count). The number of hydrogen-bond donors (Lipinski definition) is 3. The summed E-state index contributed by atoms with van der Waals surface area (Å²) < 4.78 is 48.3. The van der Waals surface area contributed by atoms with Crippen LogP contribution in [0.3, 0.4) is 0 Å². The number of amides is 1. The van der Waals surface area contributed by atoms with Crippen molar-refractivity contribution in [3.63, 3.8) is 0 Å². The average molecular weight is 508 g/mol. The number of para-hydroxylation sites is 1. The number of H-pyrrole nitrogens is 1. The molecule has 0 radical (unpaired) electrons. The van der Waals surface area contributed by atoms with E-state index in [1.807, 2.05) is 24.3 Å². The molecule has 1 amide bonds. The minimum Gasteiger partial charge on any atom is -0.497 e. The molecule has 0 fully saturated rings. The Morgan fingerprint density at radius 2 is 1.81 bits per heavy atom. The predicted molar refractivity (Wildman–Crippen MR) is 132 cm³/mol. The van der Waals surface area contributed by atoms with E-state index in [2.05, 4.69) is 26.9 Å². The molecule has 3 aromatic carbocycles. The summed E-state index contributed by atoms with van der Waals surface area (Å²) in [6.45, 7) is -0.421. The van der Waals surface area contributed by atoms with Gasteiger partial charge in [-0.1, -0.05) is 36.1 Å². The first kappa shape index (κ1) is 25.7. The van der Waals surface area contributed by atoms with Crippen LogP contribution in [0.25, 0.3) is 10.9 Å². The van der Waals surface area contributed by atoms with Gasteiger partial charge in [-0.15, -0.1) is 13.2 Å². The standard InChI is InChI=1S/C28H23F3N2O4/c1-36-22-6-4-5-18(13-22)9-10-19-11-12-26(37-28(29,30)31)24(14-19)27(35)33-21(17-34)15-20-16-32-25-8-3-2-7-23(20)25/h2-8,11-14,16,21,32,34H,15,17H2,1H3,(H,33,35). The number of hydrogen-bond acceptors (Lipinski definition) is 4. The number of aromatic nitrogens is 1. The smallest absolute Gasteiger partial charge is 0.497 e. The summed E-state index contributed by atoms with van der Waals surface area (Å²) in [4.78, 5) is 16.2. The number of benzene rings is 3. The van der Waals surface area contributed by atoms with Gasteiger partial charge in [0.2, 0.25) is 0 Å². The van der Waals surface area contributed by atoms with E-state index in [4.69, 9.17) is 4.74 Å². The van der Waals surface area contributed by atoms with Crippen LogP contribution in [0.2, 0.25) is 0 Å². The second kappa shape index (κ2) is 11.1. The van der Waals surface area contributed by atoms with E-state index < -0.39 is 30.7 Å². The normalized spacial score (nSPS) is 11.9. The number of ether oxygens (including phenoxy) is 2. The van der Waals surface area contributed by atoms with Gasteiger partial charge in [0.05, 0.1) is 25.3 Å². The zero-order valence-electron chi connectivity index (χ0n) is 19.7. The fourth-order valence-electron chi connectivity index (χ4n) is 3.83. The molecule has 9 heteroatoms. The molecule has 0 bridgehead atoms. The molecule has 37 heavy (non-hydrogen) atoms. The molecule has 0 saturated heterocycles. The number of carbonyl (C=O) groups is 1. The van der Waals surface area contributed by atoms with Crippen molar-refractivity contribution in [2.24, 2.45) is 0 Å². The minimum atomic E-state index is -5.00. The highest BCUT2D eigenvalue weighted by molar-refractivity contribution is 5.97. The van der Waals surface area contributed by atoms with E-state index in [9.17, 15) is 23.1 Å². The van der Waals surface area contributed by atoms with Gasteiger partial charge in [-0.2, -0.15) is 0 Å². The Morgan fingerprint density at radius 3 is 2.54 bits per heavy atom. The van der Waals surface area contributed by atoms with Crippen LogP contribution in [-0.2, 0) is 6.42 Å². The van der Waals surface area contributed by atoms with Gasteiger partial charge in [-0.05, 0) is 54.4 Å². The van der Waals surface area contributed by atoms with Gasteiger partial charge in [0.1, 0.15) is 11.5 Å². The van der Waals surface area contributed by atoms with E-state index >= 15 is 0 Å². The fraction of sp³-hybridized carbons (Fsp3) is 0.179. The van der Waals surface area contributed by atoms with Gasteiger partial charge in [0, 0.05) is 28.2 Å². The molecule has 0 saturated carbocycles. The average Bonchev–Trinajstić information content (AvgIpc) is 3.29. The van der Waals surface area contributed by atoms with E-state index in [0.717, 1.165) is 22.5 Å². The lowest BCUT2D eigenvalue weighted by Crippen LogP contribution is -2.39. The van der Waals surface area contributed by atoms with Crippen LogP contribution in [-0.4, -0.2) is 42.1 Å². The van der Waals surface area contributed by atoms with E-state index in [1.54, 1.807) is 30.5 Å². The Labute approximate surface area is 211 Å². The minimum absolute atomic E-state index is 0.261. The van der Waals surface area contributed by atoms with Gasteiger partial charge in [0.15, 0.2) is 0 Å². The van der Waals surface area contributed by atoms with Crippen LogP contribution >= 0.6 is 0 Å². The van der Waals surface area contributed by atoms with Crippen LogP contribution < -0.4 is 14.8 Å². The zero-order chi connectivity index (χ0) is 26.4. The first-order valence-corrected chi connectivity index (χ1v) is 11.3. The quantitative estimate of drug-likeness (QED) is 0.313. The van der Waals surface area contributed by atoms with Crippen molar-refractivity contribution in [2.45, 2.75) is 18.8 Å². The van der Waals surface area contributed by atoms with Crippen molar-refractivity contribution in [3.05, 3.63) is 95.2 Å². The molecule has 190 valence electrons. The maximum absolute atomic E-state index is 13.1. The van der Waals surface area contributed by atoms with E-state index in [0.29, 0.717) is 16.9 Å². The number of aliphatic hydroxyl groups excluding tert-OH is 1. The second-order valence-corrected chi connectivity index (χ2v) is 8.16. The van der Waals surface area contributed by atoms with Crippen molar-refractivity contribution in [3.8, 4) is 23.3 Å². The molecule has 4 aromatic rings. The number of fused-ring (bicyclic) bond motifs is 1. The highest BCUT2D eigenvalue weighted by Gasteiger charge is 2.33.